The number of nitro benzene ring substituents is 1. The van der Waals surface area contributed by atoms with Gasteiger partial charge in [0.05, 0.1) is 9.82 Å². The first kappa shape index (κ1) is 20.2. The largest absolute Gasteiger partial charge is 0.331 e. The fraction of sp³-hybridized carbons (Fsp3) is 0.286. The number of aromatic nitrogens is 2. The Labute approximate surface area is 175 Å². The van der Waals surface area contributed by atoms with Gasteiger partial charge in [-0.25, -0.2) is 13.4 Å². The molecule has 0 atom stereocenters. The van der Waals surface area contributed by atoms with Crippen molar-refractivity contribution in [3.8, 4) is 11.4 Å². The summed E-state index contributed by atoms with van der Waals surface area (Å²) in [5.41, 5.74) is 0.827. The van der Waals surface area contributed by atoms with Crippen LogP contribution in [-0.2, 0) is 16.6 Å². The lowest BCUT2D eigenvalue weighted by Gasteiger charge is -2.31. The monoisotopic (exact) mass is 426 g/mol. The number of imidazole rings is 1. The van der Waals surface area contributed by atoms with Gasteiger partial charge in [-0.3, -0.25) is 10.1 Å². The summed E-state index contributed by atoms with van der Waals surface area (Å²) in [7, 11) is -3.74. The van der Waals surface area contributed by atoms with Crippen LogP contribution in [0.5, 0.6) is 0 Å². The molecule has 0 saturated carbocycles. The van der Waals surface area contributed by atoms with Crippen molar-refractivity contribution >= 4 is 15.7 Å². The molecule has 0 spiro atoms. The van der Waals surface area contributed by atoms with E-state index in [0.717, 1.165) is 36.8 Å². The van der Waals surface area contributed by atoms with Gasteiger partial charge in [-0.15, -0.1) is 0 Å². The second-order valence-corrected chi connectivity index (χ2v) is 9.31. The highest BCUT2D eigenvalue weighted by atomic mass is 32.2. The lowest BCUT2D eigenvalue weighted by atomic mass is 9.98. The molecular formula is C21H22N4O4S. The maximum atomic E-state index is 12.9. The molecule has 2 heterocycles. The molecule has 2 aromatic carbocycles. The van der Waals surface area contributed by atoms with E-state index in [1.807, 2.05) is 36.5 Å². The van der Waals surface area contributed by atoms with E-state index in [1.54, 1.807) is 6.20 Å². The molecule has 1 aromatic heterocycles. The van der Waals surface area contributed by atoms with Crippen molar-refractivity contribution in [2.24, 2.45) is 5.92 Å². The highest BCUT2D eigenvalue weighted by molar-refractivity contribution is 7.89. The predicted molar refractivity (Wildman–Crippen MR) is 112 cm³/mol. The molecule has 0 amide bonds. The first-order chi connectivity index (χ1) is 14.4. The predicted octanol–water partition coefficient (Wildman–Crippen LogP) is 3.56. The van der Waals surface area contributed by atoms with Gasteiger partial charge >= 0.3 is 0 Å². The Morgan fingerprint density at radius 2 is 1.80 bits per heavy atom. The molecule has 0 bridgehead atoms. The van der Waals surface area contributed by atoms with Crippen LogP contribution in [0.15, 0.2) is 71.9 Å². The molecule has 0 unspecified atom stereocenters. The maximum Gasteiger partial charge on any atom is 0.270 e. The van der Waals surface area contributed by atoms with E-state index in [1.165, 1.54) is 22.5 Å². The number of hydrogen-bond donors (Lipinski definition) is 0. The minimum Gasteiger partial charge on any atom is -0.331 e. The van der Waals surface area contributed by atoms with E-state index in [-0.39, 0.29) is 10.6 Å². The topological polar surface area (TPSA) is 98.3 Å². The Morgan fingerprint density at radius 1 is 1.07 bits per heavy atom. The van der Waals surface area contributed by atoms with Crippen LogP contribution >= 0.6 is 0 Å². The third-order valence-corrected chi connectivity index (χ3v) is 7.34. The van der Waals surface area contributed by atoms with E-state index < -0.39 is 14.9 Å². The van der Waals surface area contributed by atoms with Gasteiger partial charge in [-0.05, 0) is 24.8 Å². The summed E-state index contributed by atoms with van der Waals surface area (Å²) in [4.78, 5) is 14.8. The van der Waals surface area contributed by atoms with Crippen molar-refractivity contribution in [3.63, 3.8) is 0 Å². The van der Waals surface area contributed by atoms with Gasteiger partial charge in [0, 0.05) is 49.7 Å². The SMILES string of the molecule is O=[N+]([O-])c1cccc(S(=O)(=O)N2CCC(Cn3ccnc3-c3ccccc3)CC2)c1. The number of piperidine rings is 1. The first-order valence-electron chi connectivity index (χ1n) is 9.76. The fourth-order valence-electron chi connectivity index (χ4n) is 3.82. The third kappa shape index (κ3) is 4.12. The van der Waals surface area contributed by atoms with Crippen molar-refractivity contribution < 1.29 is 13.3 Å². The Bertz CT molecular complexity index is 1140. The summed E-state index contributed by atoms with van der Waals surface area (Å²) in [6, 6.07) is 15.2. The van der Waals surface area contributed by atoms with E-state index in [9.17, 15) is 18.5 Å². The van der Waals surface area contributed by atoms with Crippen molar-refractivity contribution in [3.05, 3.63) is 77.1 Å². The second kappa shape index (κ2) is 8.37. The number of nitrogens with zero attached hydrogens (tertiary/aromatic N) is 4. The summed E-state index contributed by atoms with van der Waals surface area (Å²) in [6.07, 6.45) is 5.18. The highest BCUT2D eigenvalue weighted by Crippen LogP contribution is 2.28. The molecule has 0 aliphatic carbocycles. The lowest BCUT2D eigenvalue weighted by Crippen LogP contribution is -2.39. The molecule has 1 fully saturated rings. The molecule has 156 valence electrons. The van der Waals surface area contributed by atoms with Gasteiger partial charge < -0.3 is 4.57 Å². The number of sulfonamides is 1. The molecule has 30 heavy (non-hydrogen) atoms. The zero-order valence-electron chi connectivity index (χ0n) is 16.3. The van der Waals surface area contributed by atoms with Gasteiger partial charge in [0.1, 0.15) is 5.82 Å². The highest BCUT2D eigenvalue weighted by Gasteiger charge is 2.30. The van der Waals surface area contributed by atoms with Crippen molar-refractivity contribution in [2.75, 3.05) is 13.1 Å². The normalized spacial score (nSPS) is 15.9. The average Bonchev–Trinajstić information content (AvgIpc) is 3.23. The van der Waals surface area contributed by atoms with Gasteiger partial charge in [-0.1, -0.05) is 36.4 Å². The third-order valence-electron chi connectivity index (χ3n) is 5.44. The van der Waals surface area contributed by atoms with Crippen LogP contribution in [0.3, 0.4) is 0 Å². The Morgan fingerprint density at radius 3 is 2.50 bits per heavy atom. The van der Waals surface area contributed by atoms with Crippen LogP contribution in [-0.4, -0.2) is 40.3 Å². The van der Waals surface area contributed by atoms with Crippen molar-refractivity contribution in [2.45, 2.75) is 24.3 Å². The summed E-state index contributed by atoms with van der Waals surface area (Å²) >= 11 is 0. The number of nitro groups is 1. The summed E-state index contributed by atoms with van der Waals surface area (Å²) < 4.78 is 29.4. The zero-order chi connectivity index (χ0) is 21.1. The number of benzene rings is 2. The molecule has 9 heteroatoms. The molecular weight excluding hydrogens is 404 g/mol. The summed E-state index contributed by atoms with van der Waals surface area (Å²) in [6.45, 7) is 1.56. The van der Waals surface area contributed by atoms with E-state index in [2.05, 4.69) is 9.55 Å². The van der Waals surface area contributed by atoms with Gasteiger partial charge in [0.2, 0.25) is 10.0 Å². The van der Waals surface area contributed by atoms with Gasteiger partial charge in [0.15, 0.2) is 0 Å². The number of rotatable bonds is 6. The molecule has 1 aliphatic heterocycles. The van der Waals surface area contributed by atoms with Crippen LogP contribution in [0.2, 0.25) is 0 Å². The van der Waals surface area contributed by atoms with Crippen LogP contribution in [0.1, 0.15) is 12.8 Å². The molecule has 4 rings (SSSR count). The molecule has 0 radical (unpaired) electrons. The first-order valence-corrected chi connectivity index (χ1v) is 11.2. The number of non-ortho nitro benzene ring substituents is 1. The zero-order valence-corrected chi connectivity index (χ0v) is 17.1. The lowest BCUT2D eigenvalue weighted by molar-refractivity contribution is -0.385. The van der Waals surface area contributed by atoms with E-state index in [0.29, 0.717) is 19.0 Å². The van der Waals surface area contributed by atoms with Crippen molar-refractivity contribution in [1.29, 1.82) is 0 Å². The maximum absolute atomic E-state index is 12.9. The Hall–Kier alpha value is -3.04. The summed E-state index contributed by atoms with van der Waals surface area (Å²) in [5, 5.41) is 11.0. The van der Waals surface area contributed by atoms with E-state index >= 15 is 0 Å². The second-order valence-electron chi connectivity index (χ2n) is 7.37. The molecule has 0 N–H and O–H groups in total. The van der Waals surface area contributed by atoms with Gasteiger partial charge in [0.25, 0.3) is 5.69 Å². The van der Waals surface area contributed by atoms with Crippen molar-refractivity contribution in [1.82, 2.24) is 13.9 Å². The molecule has 8 nitrogen and oxygen atoms in total. The minimum atomic E-state index is -3.74. The smallest absolute Gasteiger partial charge is 0.270 e. The minimum absolute atomic E-state index is 0.0314. The molecule has 3 aromatic rings. The standard InChI is InChI=1S/C21H22N4O4S/c26-25(27)19-7-4-8-20(15-19)30(28,29)24-12-9-17(10-13-24)16-23-14-11-22-21(23)18-5-2-1-3-6-18/h1-8,11,14-15,17H,9-10,12-13,16H2. The molecule has 1 saturated heterocycles. The quantitative estimate of drug-likeness (QED) is 0.443. The van der Waals surface area contributed by atoms with Crippen LogP contribution in [0.25, 0.3) is 11.4 Å². The summed E-state index contributed by atoms with van der Waals surface area (Å²) in [5.74, 6) is 1.24. The van der Waals surface area contributed by atoms with Crippen LogP contribution < -0.4 is 0 Å². The number of hydrogen-bond acceptors (Lipinski definition) is 5. The Kier molecular flexibility index (Phi) is 5.65. The van der Waals surface area contributed by atoms with Crippen LogP contribution in [0, 0.1) is 16.0 Å². The fourth-order valence-corrected chi connectivity index (χ4v) is 5.33. The van der Waals surface area contributed by atoms with Gasteiger partial charge in [-0.2, -0.15) is 4.31 Å². The average molecular weight is 426 g/mol. The Balaban J connectivity index is 1.43. The van der Waals surface area contributed by atoms with Crippen LogP contribution in [0.4, 0.5) is 5.69 Å². The van der Waals surface area contributed by atoms with E-state index in [4.69, 9.17) is 0 Å². The molecule has 1 aliphatic rings.